The van der Waals surface area contributed by atoms with Gasteiger partial charge in [0.2, 0.25) is 0 Å². The van der Waals surface area contributed by atoms with Gasteiger partial charge in [-0.15, -0.1) is 0 Å². The predicted octanol–water partition coefficient (Wildman–Crippen LogP) is -0.453. The number of hydrogen-bond donors (Lipinski definition) is 0. The van der Waals surface area contributed by atoms with Gasteiger partial charge in [0, 0.05) is 0 Å². The number of rotatable bonds is 0. The molecule has 2 radical (unpaired) electrons. The molecule has 0 bridgehead atoms. The van der Waals surface area contributed by atoms with E-state index in [1.807, 2.05) is 0 Å². The first-order valence-corrected chi connectivity index (χ1v) is 6.80. The topological polar surface area (TPSA) is 0 Å². The van der Waals surface area contributed by atoms with Crippen molar-refractivity contribution in [1.29, 1.82) is 0 Å². The molecule has 0 rings (SSSR count). The summed E-state index contributed by atoms with van der Waals surface area (Å²) in [6.07, 6.45) is 0. The zero-order chi connectivity index (χ0) is 2.71. The average molecular weight is 176 g/mol. The molecule has 0 aliphatic heterocycles. The minimum atomic E-state index is -0.743. The smallest absolute Gasteiger partial charge is 0.0125 e. The molecule has 4 heteroatoms. The van der Waals surface area contributed by atoms with E-state index in [1.165, 1.54) is 0 Å². The van der Waals surface area contributed by atoms with E-state index in [0.717, 1.165) is 0 Å². The zero-order valence-electron chi connectivity index (χ0n) is 2.33. The van der Waals surface area contributed by atoms with Crippen LogP contribution in [0.2, 0.25) is 0 Å². The normalized spacial score (nSPS) is 4.50. The predicted molar refractivity (Wildman–Crippen MR) is 28.8 cm³/mol. The molecule has 0 amide bonds. The van der Waals surface area contributed by atoms with Crippen LogP contribution in [-0.2, 0) is 0 Å². The molecular formula is H4Cl2GeSi. The van der Waals surface area contributed by atoms with Crippen LogP contribution in [-0.4, -0.2) is 24.5 Å². The van der Waals surface area contributed by atoms with Gasteiger partial charge in [0.15, 0.2) is 0 Å². The molecule has 0 spiro atoms. The van der Waals surface area contributed by atoms with E-state index in [0.29, 0.717) is 0 Å². The van der Waals surface area contributed by atoms with Crippen LogP contribution < -0.4 is 0 Å². The van der Waals surface area contributed by atoms with Crippen molar-refractivity contribution in [1.82, 2.24) is 0 Å². The van der Waals surface area contributed by atoms with Crippen molar-refractivity contribution < 1.29 is 0 Å². The van der Waals surface area contributed by atoms with Crippen molar-refractivity contribution in [3.8, 4) is 0 Å². The summed E-state index contributed by atoms with van der Waals surface area (Å²) < 4.78 is 0. The molecular weight excluding hydrogens is 172 g/mol. The molecule has 26 valence electrons. The molecule has 0 aliphatic rings. The third-order valence-corrected chi connectivity index (χ3v) is 0. The van der Waals surface area contributed by atoms with Crippen molar-refractivity contribution in [3.05, 3.63) is 0 Å². The first kappa shape index (κ1) is 9.02. The van der Waals surface area contributed by atoms with Gasteiger partial charge >= 0.3 is 33.6 Å². The molecule has 0 aromatic rings. The molecule has 0 saturated carbocycles. The summed E-state index contributed by atoms with van der Waals surface area (Å²) in [6, 6.07) is 0. The molecule has 0 N–H and O–H groups in total. The summed E-state index contributed by atoms with van der Waals surface area (Å²) in [7, 11) is 9.84. The van der Waals surface area contributed by atoms with Gasteiger partial charge in [0.05, 0.1) is 0 Å². The van der Waals surface area contributed by atoms with E-state index in [9.17, 15) is 0 Å². The summed E-state index contributed by atoms with van der Waals surface area (Å²) in [5, 5.41) is 0. The summed E-state index contributed by atoms with van der Waals surface area (Å²) in [4.78, 5) is 0. The second-order valence-electron chi connectivity index (χ2n) is 0.0825. The Hall–Kier alpha value is 1.34. The van der Waals surface area contributed by atoms with Crippen LogP contribution in [0.5, 0.6) is 0 Å². The van der Waals surface area contributed by atoms with Gasteiger partial charge in [0.25, 0.3) is 0 Å². The Labute approximate surface area is 44.7 Å². The third-order valence-electron chi connectivity index (χ3n) is 0. The maximum Gasteiger partial charge on any atom is -0.0125 e. The zero-order valence-corrected chi connectivity index (χ0v) is 8.27. The maximum atomic E-state index is 4.92. The van der Waals surface area contributed by atoms with E-state index >= 15 is 0 Å². The molecule has 0 aromatic heterocycles. The summed E-state index contributed by atoms with van der Waals surface area (Å²) in [5.41, 5.74) is 0. The molecule has 0 atom stereocenters. The van der Waals surface area contributed by atoms with Crippen molar-refractivity contribution in [3.63, 3.8) is 0 Å². The quantitative estimate of drug-likeness (QED) is 0.438. The Morgan fingerprint density at radius 1 is 1.25 bits per heavy atom. The Morgan fingerprint density at radius 3 is 1.25 bits per heavy atom. The van der Waals surface area contributed by atoms with Crippen molar-refractivity contribution in [2.45, 2.75) is 0 Å². The van der Waals surface area contributed by atoms with Crippen molar-refractivity contribution >= 4 is 44.6 Å². The molecule has 0 unspecified atom stereocenters. The fraction of sp³-hybridized carbons (Fsp3) is 0. The Balaban J connectivity index is 0. The van der Waals surface area contributed by atoms with Crippen molar-refractivity contribution in [2.75, 3.05) is 0 Å². The van der Waals surface area contributed by atoms with Crippen molar-refractivity contribution in [2.24, 2.45) is 0 Å². The Kier molecular flexibility index (Phi) is 19.9. The molecule has 0 nitrogen and oxygen atoms in total. The first-order chi connectivity index (χ1) is 1.41. The largest absolute Gasteiger partial charge is 0.0125 e. The molecule has 0 aromatic carbocycles. The van der Waals surface area contributed by atoms with Crippen LogP contribution in [0.1, 0.15) is 0 Å². The van der Waals surface area contributed by atoms with E-state index in [4.69, 9.17) is 20.0 Å². The summed E-state index contributed by atoms with van der Waals surface area (Å²) >= 11 is -0.743. The van der Waals surface area contributed by atoms with Crippen LogP contribution in [0.4, 0.5) is 0 Å². The second-order valence-corrected chi connectivity index (χ2v) is 3.86. The first-order valence-electron chi connectivity index (χ1n) is 0.436. The molecule has 4 heavy (non-hydrogen) atoms. The number of halogens is 2. The van der Waals surface area contributed by atoms with Crippen LogP contribution in [0.25, 0.3) is 0 Å². The maximum absolute atomic E-state index is 4.92. The summed E-state index contributed by atoms with van der Waals surface area (Å²) in [6.45, 7) is 0. The van der Waals surface area contributed by atoms with Gasteiger partial charge in [-0.2, -0.15) is 0 Å². The molecule has 0 saturated heterocycles. The van der Waals surface area contributed by atoms with Gasteiger partial charge in [0.1, 0.15) is 0 Å². The fourth-order valence-electron chi connectivity index (χ4n) is 0. The fourth-order valence-corrected chi connectivity index (χ4v) is 0. The van der Waals surface area contributed by atoms with Crippen LogP contribution >= 0.6 is 20.0 Å². The van der Waals surface area contributed by atoms with E-state index in [1.54, 1.807) is 0 Å². The minimum absolute atomic E-state index is 0. The van der Waals surface area contributed by atoms with Gasteiger partial charge in [-0.25, -0.2) is 0 Å². The van der Waals surface area contributed by atoms with Gasteiger partial charge in [-0.3, -0.25) is 0 Å². The van der Waals surface area contributed by atoms with Gasteiger partial charge in [-0.1, -0.05) is 0 Å². The van der Waals surface area contributed by atoms with E-state index < -0.39 is 13.6 Å². The molecule has 0 heterocycles. The second kappa shape index (κ2) is 8.84. The standard InChI is InChI=1S/Cl2GeH.H3Si/c1-3-2;/h3H;1H3. The van der Waals surface area contributed by atoms with Crippen LogP contribution in [0.3, 0.4) is 0 Å². The minimum Gasteiger partial charge on any atom is -0.0125 e. The Bertz CT molecular complexity index is 6.00. The SMILES string of the molecule is [Cl][GeH][Cl].[SiH3]. The third kappa shape index (κ3) is 10.2. The van der Waals surface area contributed by atoms with Crippen LogP contribution in [0, 0.1) is 0 Å². The Morgan fingerprint density at radius 2 is 1.25 bits per heavy atom. The summed E-state index contributed by atoms with van der Waals surface area (Å²) in [5.74, 6) is 0. The molecule has 0 aliphatic carbocycles. The average Bonchev–Trinajstić information content (AvgIpc) is 0.918. The van der Waals surface area contributed by atoms with Crippen LogP contribution in [0.15, 0.2) is 0 Å². The van der Waals surface area contributed by atoms with Gasteiger partial charge < -0.3 is 0 Å². The monoisotopic (exact) mass is 176 g/mol. The van der Waals surface area contributed by atoms with Gasteiger partial charge in [-0.05, 0) is 11.0 Å². The molecule has 0 fully saturated rings. The number of hydrogen-bond acceptors (Lipinski definition) is 0. The van der Waals surface area contributed by atoms with E-state index in [2.05, 4.69) is 0 Å². The van der Waals surface area contributed by atoms with E-state index in [-0.39, 0.29) is 11.0 Å².